The Labute approximate surface area is 187 Å². The molecule has 1 heterocycles. The largest absolute Gasteiger partial charge is 0.442 e. The average Bonchev–Trinajstić information content (AvgIpc) is 3.12. The number of hydrogen-bond donors (Lipinski definition) is 0. The van der Waals surface area contributed by atoms with E-state index in [0.717, 1.165) is 11.1 Å². The van der Waals surface area contributed by atoms with E-state index in [1.807, 2.05) is 42.5 Å². The Balaban J connectivity index is 2.09. The number of amides is 1. The van der Waals surface area contributed by atoms with Crippen molar-refractivity contribution in [2.45, 2.75) is 32.0 Å². The van der Waals surface area contributed by atoms with Crippen molar-refractivity contribution in [3.05, 3.63) is 82.9 Å². The second-order valence-corrected chi connectivity index (χ2v) is 8.50. The lowest BCUT2D eigenvalue weighted by molar-refractivity contribution is -0.104. The van der Waals surface area contributed by atoms with Gasteiger partial charge >= 0.3 is 6.09 Å². The third-order valence-electron chi connectivity index (χ3n) is 4.58. The molecule has 1 amide bonds. The summed E-state index contributed by atoms with van der Waals surface area (Å²) in [5, 5.41) is 6.49. The van der Waals surface area contributed by atoms with E-state index in [1.54, 1.807) is 39.0 Å². The third-order valence-corrected chi connectivity index (χ3v) is 4.83. The SMILES string of the molecule is CC(C)(C)OC(=O)N1CC(OC/C=C/C=O)(c2ccccc2)C(c2ccc(Cl)cc2)=N1. The standard InChI is InChI=1S/C24H25ClN2O4/c1-23(2,3)31-22(29)27-17-24(30-16-8-7-15-28,19-9-5-4-6-10-19)21(26-27)18-11-13-20(25)14-12-18/h4-15H,16-17H2,1-3H3/b8-7+. The zero-order chi connectivity index (χ0) is 22.5. The number of nitrogens with zero attached hydrogens (tertiary/aromatic N) is 2. The van der Waals surface area contributed by atoms with Crippen LogP contribution in [0.1, 0.15) is 31.9 Å². The van der Waals surface area contributed by atoms with Crippen molar-refractivity contribution >= 4 is 29.7 Å². The fourth-order valence-corrected chi connectivity index (χ4v) is 3.40. The maximum Gasteiger partial charge on any atom is 0.431 e. The molecule has 1 atom stereocenters. The minimum absolute atomic E-state index is 0.124. The number of hydrazone groups is 1. The van der Waals surface area contributed by atoms with Crippen molar-refractivity contribution in [2.75, 3.05) is 13.2 Å². The van der Waals surface area contributed by atoms with Gasteiger partial charge in [0, 0.05) is 10.6 Å². The summed E-state index contributed by atoms with van der Waals surface area (Å²) in [5.74, 6) is 0. The van der Waals surface area contributed by atoms with Gasteiger partial charge < -0.3 is 9.47 Å². The highest BCUT2D eigenvalue weighted by molar-refractivity contribution is 6.30. The van der Waals surface area contributed by atoms with E-state index in [4.69, 9.17) is 21.1 Å². The molecule has 0 aromatic heterocycles. The first-order valence-electron chi connectivity index (χ1n) is 9.90. The van der Waals surface area contributed by atoms with E-state index in [0.29, 0.717) is 17.0 Å². The topological polar surface area (TPSA) is 68.2 Å². The molecule has 7 heteroatoms. The van der Waals surface area contributed by atoms with Crippen LogP contribution in [-0.4, -0.2) is 41.9 Å². The molecule has 3 rings (SSSR count). The second-order valence-electron chi connectivity index (χ2n) is 8.06. The molecule has 1 aliphatic heterocycles. The Morgan fingerprint density at radius 2 is 1.84 bits per heavy atom. The summed E-state index contributed by atoms with van der Waals surface area (Å²) in [6.45, 7) is 5.68. The van der Waals surface area contributed by atoms with Gasteiger partial charge in [-0.2, -0.15) is 10.1 Å². The Morgan fingerprint density at radius 3 is 2.45 bits per heavy atom. The highest BCUT2D eigenvalue weighted by atomic mass is 35.5. The molecule has 2 aromatic carbocycles. The molecular weight excluding hydrogens is 416 g/mol. The van der Waals surface area contributed by atoms with Gasteiger partial charge in [0.25, 0.3) is 0 Å². The molecular formula is C24H25ClN2O4. The van der Waals surface area contributed by atoms with Crippen LogP contribution in [0, 0.1) is 0 Å². The van der Waals surface area contributed by atoms with E-state index in [-0.39, 0.29) is 13.2 Å². The van der Waals surface area contributed by atoms with Crippen molar-refractivity contribution in [1.29, 1.82) is 0 Å². The summed E-state index contributed by atoms with van der Waals surface area (Å²) >= 11 is 6.08. The molecule has 0 saturated heterocycles. The van der Waals surface area contributed by atoms with Crippen LogP contribution in [0.25, 0.3) is 0 Å². The predicted octanol–water partition coefficient (Wildman–Crippen LogP) is 4.96. The van der Waals surface area contributed by atoms with Crippen LogP contribution in [0.5, 0.6) is 0 Å². The predicted molar refractivity (Wildman–Crippen MR) is 120 cm³/mol. The molecule has 0 saturated carbocycles. The zero-order valence-corrected chi connectivity index (χ0v) is 18.5. The number of rotatable bonds is 6. The summed E-state index contributed by atoms with van der Waals surface area (Å²) in [6.07, 6.45) is 3.11. The smallest absolute Gasteiger partial charge is 0.431 e. The van der Waals surface area contributed by atoms with E-state index in [1.165, 1.54) is 11.1 Å². The summed E-state index contributed by atoms with van der Waals surface area (Å²) in [4.78, 5) is 23.5. The maximum atomic E-state index is 12.8. The monoisotopic (exact) mass is 440 g/mol. The number of aldehydes is 1. The van der Waals surface area contributed by atoms with Gasteiger partial charge in [0.1, 0.15) is 17.6 Å². The van der Waals surface area contributed by atoms with Crippen LogP contribution in [0.15, 0.2) is 71.9 Å². The number of carbonyl (C=O) groups is 2. The second kappa shape index (κ2) is 9.45. The molecule has 0 N–H and O–H groups in total. The molecule has 0 spiro atoms. The first-order valence-corrected chi connectivity index (χ1v) is 10.3. The Hall–Kier alpha value is -2.96. The highest BCUT2D eigenvalue weighted by Gasteiger charge is 2.48. The molecule has 162 valence electrons. The molecule has 0 aliphatic carbocycles. The summed E-state index contributed by atoms with van der Waals surface area (Å²) < 4.78 is 11.9. The molecule has 2 aromatic rings. The van der Waals surface area contributed by atoms with E-state index in [2.05, 4.69) is 5.10 Å². The van der Waals surface area contributed by atoms with Gasteiger partial charge in [-0.25, -0.2) is 4.79 Å². The fraction of sp³-hybridized carbons (Fsp3) is 0.292. The first kappa shape index (κ1) is 22.7. The summed E-state index contributed by atoms with van der Waals surface area (Å²) in [7, 11) is 0. The van der Waals surface area contributed by atoms with Crippen molar-refractivity contribution in [3.8, 4) is 0 Å². The van der Waals surface area contributed by atoms with E-state index >= 15 is 0 Å². The zero-order valence-electron chi connectivity index (χ0n) is 17.7. The molecule has 6 nitrogen and oxygen atoms in total. The van der Waals surface area contributed by atoms with Crippen LogP contribution in [-0.2, 0) is 19.9 Å². The van der Waals surface area contributed by atoms with Crippen molar-refractivity contribution in [1.82, 2.24) is 5.01 Å². The number of ether oxygens (including phenoxy) is 2. The number of carbonyl (C=O) groups excluding carboxylic acids is 2. The number of benzene rings is 2. The number of allylic oxidation sites excluding steroid dienone is 1. The molecule has 31 heavy (non-hydrogen) atoms. The molecule has 0 bridgehead atoms. The average molecular weight is 441 g/mol. The lowest BCUT2D eigenvalue weighted by Gasteiger charge is -2.31. The van der Waals surface area contributed by atoms with Crippen LogP contribution in [0.4, 0.5) is 4.79 Å². The van der Waals surface area contributed by atoms with Gasteiger partial charge in [-0.1, -0.05) is 60.1 Å². The maximum absolute atomic E-state index is 12.8. The highest BCUT2D eigenvalue weighted by Crippen LogP contribution is 2.37. The van der Waals surface area contributed by atoms with Crippen LogP contribution in [0.3, 0.4) is 0 Å². The van der Waals surface area contributed by atoms with Crippen LogP contribution < -0.4 is 0 Å². The molecule has 1 unspecified atom stereocenters. The Bertz CT molecular complexity index is 981. The van der Waals surface area contributed by atoms with Gasteiger partial charge in [-0.3, -0.25) is 4.79 Å². The van der Waals surface area contributed by atoms with Crippen molar-refractivity contribution < 1.29 is 19.1 Å². The minimum Gasteiger partial charge on any atom is -0.442 e. The quantitative estimate of drug-likeness (QED) is 0.470. The van der Waals surface area contributed by atoms with Gasteiger partial charge in [-0.05, 0) is 44.5 Å². The van der Waals surface area contributed by atoms with Crippen molar-refractivity contribution in [3.63, 3.8) is 0 Å². The van der Waals surface area contributed by atoms with Gasteiger partial charge in [0.15, 0.2) is 5.60 Å². The van der Waals surface area contributed by atoms with Crippen molar-refractivity contribution in [2.24, 2.45) is 5.10 Å². The van der Waals surface area contributed by atoms with E-state index in [9.17, 15) is 9.59 Å². The molecule has 0 fully saturated rings. The molecule has 0 radical (unpaired) electrons. The summed E-state index contributed by atoms with van der Waals surface area (Å²) in [5.41, 5.74) is 0.423. The summed E-state index contributed by atoms with van der Waals surface area (Å²) in [6, 6.07) is 16.7. The Morgan fingerprint density at radius 1 is 1.16 bits per heavy atom. The number of hydrogen-bond acceptors (Lipinski definition) is 5. The fourth-order valence-electron chi connectivity index (χ4n) is 3.28. The van der Waals surface area contributed by atoms with Crippen LogP contribution in [0.2, 0.25) is 5.02 Å². The molecule has 1 aliphatic rings. The normalized spacial score (nSPS) is 18.8. The third kappa shape index (κ3) is 5.40. The van der Waals surface area contributed by atoms with Gasteiger partial charge in [-0.15, -0.1) is 0 Å². The lowest BCUT2D eigenvalue weighted by atomic mass is 9.85. The van der Waals surface area contributed by atoms with Gasteiger partial charge in [0.05, 0.1) is 13.2 Å². The van der Waals surface area contributed by atoms with Gasteiger partial charge in [0.2, 0.25) is 0 Å². The van der Waals surface area contributed by atoms with E-state index < -0.39 is 17.3 Å². The Kier molecular flexibility index (Phi) is 6.93. The first-order chi connectivity index (χ1) is 14.7. The number of halogens is 1. The van der Waals surface area contributed by atoms with Crippen LogP contribution >= 0.6 is 11.6 Å². The lowest BCUT2D eigenvalue weighted by Crippen LogP contribution is -2.43. The minimum atomic E-state index is -1.06.